The lowest BCUT2D eigenvalue weighted by molar-refractivity contribution is -0.899. The number of rotatable bonds is 12. The summed E-state index contributed by atoms with van der Waals surface area (Å²) >= 11 is 0. The SMILES string of the molecule is CC(C)C[C@H](N1C=C(c2ccccc2-c2ccccc2)N(Cc2ccccc2)[NH2+]1)C(NC(=O)c1ccccc1)(c1ccccc1)c1ccccc1. The summed E-state index contributed by atoms with van der Waals surface area (Å²) in [4.78, 5) is 14.4. The van der Waals surface area contributed by atoms with Crippen molar-refractivity contribution in [2.45, 2.75) is 38.4 Å². The van der Waals surface area contributed by atoms with Crippen LogP contribution < -0.4 is 10.9 Å². The van der Waals surface area contributed by atoms with E-state index in [9.17, 15) is 4.79 Å². The molecule has 0 saturated carbocycles. The first-order chi connectivity index (χ1) is 25.0. The van der Waals surface area contributed by atoms with Gasteiger partial charge in [-0.15, -0.1) is 5.53 Å². The van der Waals surface area contributed by atoms with Crippen LogP contribution in [0.5, 0.6) is 0 Å². The van der Waals surface area contributed by atoms with Crippen molar-refractivity contribution in [3.8, 4) is 11.1 Å². The van der Waals surface area contributed by atoms with Crippen LogP contribution in [0.25, 0.3) is 16.8 Å². The second kappa shape index (κ2) is 15.3. The summed E-state index contributed by atoms with van der Waals surface area (Å²) in [5, 5.41) is 8.40. The minimum atomic E-state index is -0.917. The number of carbonyl (C=O) groups is 1. The third kappa shape index (κ3) is 7.21. The molecule has 0 unspecified atom stereocenters. The number of nitrogens with two attached hydrogens (primary N) is 1. The molecule has 0 saturated heterocycles. The molecule has 0 fully saturated rings. The molecule has 0 aromatic heterocycles. The number of hydrogen-bond acceptors (Lipinski definition) is 3. The van der Waals surface area contributed by atoms with Crippen LogP contribution in [0, 0.1) is 5.92 Å². The maximum Gasteiger partial charge on any atom is 0.252 e. The quantitative estimate of drug-likeness (QED) is 0.128. The first kappa shape index (κ1) is 33.6. The average Bonchev–Trinajstić information content (AvgIpc) is 3.60. The van der Waals surface area contributed by atoms with E-state index < -0.39 is 5.54 Å². The zero-order valence-corrected chi connectivity index (χ0v) is 29.3. The molecular formula is C46H45N4O+. The summed E-state index contributed by atoms with van der Waals surface area (Å²) < 4.78 is 0. The van der Waals surface area contributed by atoms with Gasteiger partial charge in [0.1, 0.15) is 17.3 Å². The summed E-state index contributed by atoms with van der Waals surface area (Å²) in [7, 11) is 0. The van der Waals surface area contributed by atoms with Crippen molar-refractivity contribution in [2.75, 3.05) is 0 Å². The number of nitrogens with zero attached hydrogens (tertiary/aromatic N) is 2. The van der Waals surface area contributed by atoms with Gasteiger partial charge in [0.15, 0.2) is 0 Å². The zero-order chi connectivity index (χ0) is 35.0. The molecule has 0 aliphatic carbocycles. The maximum absolute atomic E-state index is 14.4. The summed E-state index contributed by atoms with van der Waals surface area (Å²) in [6.07, 6.45) is 3.10. The lowest BCUT2D eigenvalue weighted by Crippen LogP contribution is -2.99. The molecule has 254 valence electrons. The van der Waals surface area contributed by atoms with Gasteiger partial charge in [-0.1, -0.05) is 178 Å². The fourth-order valence-electron chi connectivity index (χ4n) is 7.34. The van der Waals surface area contributed by atoms with Crippen molar-refractivity contribution < 1.29 is 10.3 Å². The molecule has 1 atom stereocenters. The fourth-order valence-corrected chi connectivity index (χ4v) is 7.34. The Morgan fingerprint density at radius 1 is 0.627 bits per heavy atom. The predicted molar refractivity (Wildman–Crippen MR) is 206 cm³/mol. The van der Waals surface area contributed by atoms with Gasteiger partial charge in [0.25, 0.3) is 5.91 Å². The molecule has 1 heterocycles. The van der Waals surface area contributed by atoms with Gasteiger partial charge < -0.3 is 5.32 Å². The van der Waals surface area contributed by atoms with Gasteiger partial charge in [-0.2, -0.15) is 5.01 Å². The van der Waals surface area contributed by atoms with E-state index in [0.29, 0.717) is 18.0 Å². The van der Waals surface area contributed by atoms with E-state index in [0.717, 1.165) is 28.8 Å². The third-order valence-corrected chi connectivity index (χ3v) is 9.70. The molecule has 0 radical (unpaired) electrons. The average molecular weight is 670 g/mol. The highest BCUT2D eigenvalue weighted by Crippen LogP contribution is 2.40. The van der Waals surface area contributed by atoms with Crippen molar-refractivity contribution in [2.24, 2.45) is 5.92 Å². The fraction of sp³-hybridized carbons (Fsp3) is 0.152. The Kier molecular flexibility index (Phi) is 10.1. The lowest BCUT2D eigenvalue weighted by atomic mass is 9.73. The number of amides is 1. The highest BCUT2D eigenvalue weighted by molar-refractivity contribution is 5.95. The Labute approximate surface area is 301 Å². The Bertz CT molecular complexity index is 2010. The molecule has 6 aromatic rings. The molecule has 5 heteroatoms. The van der Waals surface area contributed by atoms with E-state index in [1.54, 1.807) is 0 Å². The van der Waals surface area contributed by atoms with E-state index in [1.807, 2.05) is 42.5 Å². The monoisotopic (exact) mass is 669 g/mol. The van der Waals surface area contributed by atoms with Gasteiger partial charge in [-0.05, 0) is 52.3 Å². The number of carbonyl (C=O) groups excluding carboxylic acids is 1. The third-order valence-electron chi connectivity index (χ3n) is 9.70. The van der Waals surface area contributed by atoms with Gasteiger partial charge in [0.05, 0.1) is 12.7 Å². The van der Waals surface area contributed by atoms with Crippen LogP contribution in [0.4, 0.5) is 0 Å². The second-order valence-electron chi connectivity index (χ2n) is 13.6. The smallest absolute Gasteiger partial charge is 0.252 e. The maximum atomic E-state index is 14.4. The molecular weight excluding hydrogens is 625 g/mol. The van der Waals surface area contributed by atoms with E-state index in [1.165, 1.54) is 16.7 Å². The second-order valence-corrected chi connectivity index (χ2v) is 13.6. The van der Waals surface area contributed by atoms with Crippen LogP contribution in [-0.4, -0.2) is 22.0 Å². The van der Waals surface area contributed by atoms with Crippen molar-refractivity contribution in [3.63, 3.8) is 0 Å². The van der Waals surface area contributed by atoms with E-state index >= 15 is 0 Å². The first-order valence-corrected chi connectivity index (χ1v) is 17.8. The van der Waals surface area contributed by atoms with E-state index in [4.69, 9.17) is 0 Å². The highest BCUT2D eigenvalue weighted by atomic mass is 16.1. The number of quaternary nitrogens is 1. The zero-order valence-electron chi connectivity index (χ0n) is 29.3. The summed E-state index contributed by atoms with van der Waals surface area (Å²) in [6.45, 7) is 5.22. The van der Waals surface area contributed by atoms with Gasteiger partial charge in [0.2, 0.25) is 0 Å². The number of nitrogens with one attached hydrogen (secondary N) is 1. The molecule has 6 aromatic carbocycles. The molecule has 1 aliphatic heterocycles. The van der Waals surface area contributed by atoms with Crippen molar-refractivity contribution in [3.05, 3.63) is 210 Å². The Hall–Kier alpha value is -5.91. The molecule has 3 N–H and O–H groups in total. The Morgan fingerprint density at radius 3 is 1.69 bits per heavy atom. The normalized spacial score (nSPS) is 13.6. The molecule has 0 bridgehead atoms. The predicted octanol–water partition coefficient (Wildman–Crippen LogP) is 8.65. The Morgan fingerprint density at radius 2 is 1.12 bits per heavy atom. The number of benzene rings is 6. The van der Waals surface area contributed by atoms with Gasteiger partial charge in [-0.3, -0.25) is 4.79 Å². The minimum Gasteiger partial charge on any atom is -0.336 e. The Balaban J connectivity index is 1.43. The molecule has 1 aliphatic rings. The van der Waals surface area contributed by atoms with Gasteiger partial charge in [0, 0.05) is 11.1 Å². The van der Waals surface area contributed by atoms with Crippen LogP contribution in [0.1, 0.15) is 52.9 Å². The van der Waals surface area contributed by atoms with E-state index in [-0.39, 0.29) is 11.9 Å². The number of hydrogen-bond donors (Lipinski definition) is 2. The molecule has 0 spiro atoms. The van der Waals surface area contributed by atoms with Crippen LogP contribution in [-0.2, 0) is 12.1 Å². The van der Waals surface area contributed by atoms with Gasteiger partial charge >= 0.3 is 0 Å². The molecule has 7 rings (SSSR count). The van der Waals surface area contributed by atoms with Crippen LogP contribution in [0.3, 0.4) is 0 Å². The van der Waals surface area contributed by atoms with Crippen LogP contribution in [0.2, 0.25) is 0 Å². The minimum absolute atomic E-state index is 0.115. The van der Waals surface area contributed by atoms with Crippen molar-refractivity contribution in [1.29, 1.82) is 0 Å². The van der Waals surface area contributed by atoms with E-state index in [2.05, 4.69) is 174 Å². The summed E-state index contributed by atoms with van der Waals surface area (Å²) in [5.74, 6) is 0.205. The molecule has 51 heavy (non-hydrogen) atoms. The topological polar surface area (TPSA) is 52.2 Å². The molecule has 1 amide bonds. The van der Waals surface area contributed by atoms with Gasteiger partial charge in [-0.25, -0.2) is 5.01 Å². The largest absolute Gasteiger partial charge is 0.336 e. The molecule has 5 nitrogen and oxygen atoms in total. The summed E-state index contributed by atoms with van der Waals surface area (Å²) in [6, 6.07) is 60.2. The van der Waals surface area contributed by atoms with Crippen LogP contribution in [0.15, 0.2) is 182 Å². The van der Waals surface area contributed by atoms with Crippen molar-refractivity contribution >= 4 is 11.6 Å². The lowest BCUT2D eigenvalue weighted by Gasteiger charge is -2.45. The summed E-state index contributed by atoms with van der Waals surface area (Å²) in [5.41, 5.74) is 9.84. The van der Waals surface area contributed by atoms with Crippen LogP contribution >= 0.6 is 0 Å². The van der Waals surface area contributed by atoms with Crippen molar-refractivity contribution in [1.82, 2.24) is 15.3 Å². The first-order valence-electron chi connectivity index (χ1n) is 17.8. The standard InChI is InChI=1S/C46H44N4O/c1-35(2)32-44(46(39-26-14-6-15-27-39,40-28-16-7-17-29-40)47-45(51)38-24-12-5-13-25-38)50-34-43(49(48-50)33-36-20-8-3-9-21-36)42-31-19-18-30-41(42)37-22-10-4-11-23-37/h3-31,34-35,44,48H,32-33H2,1-2H3,(H,47,51)/p+1/t44-/m0/s1. The highest BCUT2D eigenvalue weighted by Gasteiger charge is 2.50.